The van der Waals surface area contributed by atoms with Crippen molar-refractivity contribution in [2.24, 2.45) is 0 Å². The van der Waals surface area contributed by atoms with Crippen molar-refractivity contribution in [1.29, 1.82) is 0 Å². The molecule has 2 rings (SSSR count). The van der Waals surface area contributed by atoms with E-state index in [9.17, 15) is 0 Å². The van der Waals surface area contributed by atoms with Crippen LogP contribution in [0.4, 0.5) is 0 Å². The van der Waals surface area contributed by atoms with Gasteiger partial charge in [0.05, 0.1) is 3.57 Å². The molecule has 4 nitrogen and oxygen atoms in total. The lowest BCUT2D eigenvalue weighted by Crippen LogP contribution is -2.20. The first-order chi connectivity index (χ1) is 6.36. The van der Waals surface area contributed by atoms with Crippen LogP contribution in [-0.2, 0) is 0 Å². The van der Waals surface area contributed by atoms with Crippen molar-refractivity contribution in [3.8, 4) is 5.88 Å². The number of nitrogens with one attached hydrogen (secondary N) is 1. The van der Waals surface area contributed by atoms with E-state index in [0.29, 0.717) is 5.88 Å². The Labute approximate surface area is 90.2 Å². The third-order valence-electron chi connectivity index (χ3n) is 1.93. The van der Waals surface area contributed by atoms with E-state index in [1.807, 2.05) is 0 Å². The van der Waals surface area contributed by atoms with Gasteiger partial charge in [0.15, 0.2) is 0 Å². The fourth-order valence-corrected chi connectivity index (χ4v) is 1.70. The molecule has 1 N–H and O–H groups in total. The molecule has 1 saturated heterocycles. The first kappa shape index (κ1) is 9.14. The second kappa shape index (κ2) is 4.19. The van der Waals surface area contributed by atoms with E-state index in [0.717, 1.165) is 23.1 Å². The van der Waals surface area contributed by atoms with Crippen molar-refractivity contribution < 1.29 is 4.74 Å². The van der Waals surface area contributed by atoms with Gasteiger partial charge < -0.3 is 10.1 Å². The highest BCUT2D eigenvalue weighted by Gasteiger charge is 2.17. The summed E-state index contributed by atoms with van der Waals surface area (Å²) in [4.78, 5) is 7.98. The van der Waals surface area contributed by atoms with Crippen LogP contribution in [0.1, 0.15) is 6.42 Å². The Bertz CT molecular complexity index is 288. The lowest BCUT2D eigenvalue weighted by atomic mass is 10.3. The molecule has 70 valence electrons. The van der Waals surface area contributed by atoms with Gasteiger partial charge in [-0.1, -0.05) is 0 Å². The predicted octanol–water partition coefficient (Wildman–Crippen LogP) is 0.822. The van der Waals surface area contributed by atoms with Gasteiger partial charge in [0.25, 0.3) is 0 Å². The number of rotatable bonds is 2. The Morgan fingerprint density at radius 2 is 2.54 bits per heavy atom. The van der Waals surface area contributed by atoms with Crippen molar-refractivity contribution >= 4 is 22.6 Å². The number of hydrogen-bond donors (Lipinski definition) is 1. The van der Waals surface area contributed by atoms with Crippen LogP contribution in [-0.4, -0.2) is 29.2 Å². The number of halogens is 1. The molecule has 0 aliphatic carbocycles. The van der Waals surface area contributed by atoms with Crippen LogP contribution in [0.5, 0.6) is 5.88 Å². The van der Waals surface area contributed by atoms with Gasteiger partial charge in [-0.05, 0) is 35.6 Å². The maximum absolute atomic E-state index is 5.68. The lowest BCUT2D eigenvalue weighted by molar-refractivity contribution is 0.212. The van der Waals surface area contributed by atoms with Crippen LogP contribution >= 0.6 is 22.6 Å². The van der Waals surface area contributed by atoms with Crippen molar-refractivity contribution in [3.63, 3.8) is 0 Å². The highest BCUT2D eigenvalue weighted by Crippen LogP contribution is 2.18. The van der Waals surface area contributed by atoms with Gasteiger partial charge in [0, 0.05) is 12.7 Å². The summed E-state index contributed by atoms with van der Waals surface area (Å²) < 4.78 is 6.65. The first-order valence-electron chi connectivity index (χ1n) is 4.19. The van der Waals surface area contributed by atoms with E-state index in [1.165, 1.54) is 6.33 Å². The van der Waals surface area contributed by atoms with E-state index in [4.69, 9.17) is 4.74 Å². The van der Waals surface area contributed by atoms with Gasteiger partial charge in [-0.25, -0.2) is 9.97 Å². The fourth-order valence-electron chi connectivity index (χ4n) is 1.27. The molecule has 1 aliphatic heterocycles. The van der Waals surface area contributed by atoms with Crippen LogP contribution in [0.3, 0.4) is 0 Å². The lowest BCUT2D eigenvalue weighted by Gasteiger charge is -2.11. The third kappa shape index (κ3) is 2.28. The molecule has 0 saturated carbocycles. The molecule has 0 spiro atoms. The van der Waals surface area contributed by atoms with E-state index in [2.05, 4.69) is 37.9 Å². The Morgan fingerprint density at radius 1 is 1.62 bits per heavy atom. The van der Waals surface area contributed by atoms with Crippen LogP contribution in [0.2, 0.25) is 0 Å². The zero-order chi connectivity index (χ0) is 9.10. The van der Waals surface area contributed by atoms with E-state index in [-0.39, 0.29) is 6.10 Å². The maximum Gasteiger partial charge on any atom is 0.230 e. The molecule has 0 radical (unpaired) electrons. The summed E-state index contributed by atoms with van der Waals surface area (Å²) in [6.07, 6.45) is 4.59. The van der Waals surface area contributed by atoms with Gasteiger partial charge in [-0.3, -0.25) is 0 Å². The number of aromatic nitrogens is 2. The molecule has 5 heteroatoms. The molecule has 1 unspecified atom stereocenters. The van der Waals surface area contributed by atoms with Crippen molar-refractivity contribution in [2.75, 3.05) is 13.1 Å². The monoisotopic (exact) mass is 291 g/mol. The Hall–Kier alpha value is -0.430. The number of hydrogen-bond acceptors (Lipinski definition) is 4. The minimum absolute atomic E-state index is 0.267. The van der Waals surface area contributed by atoms with Crippen LogP contribution < -0.4 is 10.1 Å². The van der Waals surface area contributed by atoms with Gasteiger partial charge in [-0.15, -0.1) is 0 Å². The molecule has 2 heterocycles. The quantitative estimate of drug-likeness (QED) is 0.820. The molecule has 1 aromatic rings. The largest absolute Gasteiger partial charge is 0.472 e. The second-order valence-electron chi connectivity index (χ2n) is 2.91. The number of ether oxygens (including phenoxy) is 1. The Kier molecular flexibility index (Phi) is 2.94. The zero-order valence-electron chi connectivity index (χ0n) is 7.03. The molecular formula is C8H10IN3O. The van der Waals surface area contributed by atoms with Crippen LogP contribution in [0.25, 0.3) is 0 Å². The van der Waals surface area contributed by atoms with Gasteiger partial charge >= 0.3 is 0 Å². The Morgan fingerprint density at radius 3 is 3.23 bits per heavy atom. The second-order valence-corrected chi connectivity index (χ2v) is 4.07. The summed E-state index contributed by atoms with van der Waals surface area (Å²) in [5.74, 6) is 0.698. The van der Waals surface area contributed by atoms with Crippen LogP contribution in [0.15, 0.2) is 12.5 Å². The SMILES string of the molecule is Ic1cncnc1OC1CCNC1. The van der Waals surface area contributed by atoms with Crippen molar-refractivity contribution in [3.05, 3.63) is 16.1 Å². The van der Waals surface area contributed by atoms with E-state index >= 15 is 0 Å². The molecular weight excluding hydrogens is 281 g/mol. The van der Waals surface area contributed by atoms with Gasteiger partial charge in [-0.2, -0.15) is 0 Å². The molecule has 13 heavy (non-hydrogen) atoms. The predicted molar refractivity (Wildman–Crippen MR) is 56.7 cm³/mol. The van der Waals surface area contributed by atoms with Gasteiger partial charge in [0.2, 0.25) is 5.88 Å². The van der Waals surface area contributed by atoms with E-state index in [1.54, 1.807) is 6.20 Å². The minimum Gasteiger partial charge on any atom is -0.472 e. The average Bonchev–Trinajstić information content (AvgIpc) is 2.61. The maximum atomic E-state index is 5.68. The third-order valence-corrected chi connectivity index (χ3v) is 2.67. The molecule has 1 aromatic heterocycles. The normalized spacial score (nSPS) is 21.8. The fraction of sp³-hybridized carbons (Fsp3) is 0.500. The minimum atomic E-state index is 0.267. The summed E-state index contributed by atoms with van der Waals surface area (Å²) in [6, 6.07) is 0. The molecule has 1 fully saturated rings. The van der Waals surface area contributed by atoms with Crippen LogP contribution in [0, 0.1) is 3.57 Å². The molecule has 1 aliphatic rings. The Balaban J connectivity index is 2.04. The smallest absolute Gasteiger partial charge is 0.230 e. The van der Waals surface area contributed by atoms with Crippen molar-refractivity contribution in [2.45, 2.75) is 12.5 Å². The summed E-state index contributed by atoms with van der Waals surface area (Å²) in [7, 11) is 0. The summed E-state index contributed by atoms with van der Waals surface area (Å²) >= 11 is 2.18. The topological polar surface area (TPSA) is 47.0 Å². The highest BCUT2D eigenvalue weighted by molar-refractivity contribution is 14.1. The first-order valence-corrected chi connectivity index (χ1v) is 5.27. The van der Waals surface area contributed by atoms with Crippen molar-refractivity contribution in [1.82, 2.24) is 15.3 Å². The molecule has 0 amide bonds. The number of nitrogens with zero attached hydrogens (tertiary/aromatic N) is 2. The average molecular weight is 291 g/mol. The van der Waals surface area contributed by atoms with Gasteiger partial charge in [0.1, 0.15) is 12.4 Å². The summed E-state index contributed by atoms with van der Waals surface area (Å²) in [5.41, 5.74) is 0. The highest BCUT2D eigenvalue weighted by atomic mass is 127. The standard InChI is InChI=1S/C8H10IN3O/c9-7-4-11-5-12-8(7)13-6-1-2-10-3-6/h4-6,10H,1-3H2. The summed E-state index contributed by atoms with van der Waals surface area (Å²) in [5, 5.41) is 3.24. The molecule has 1 atom stereocenters. The van der Waals surface area contributed by atoms with E-state index < -0.39 is 0 Å². The zero-order valence-corrected chi connectivity index (χ0v) is 9.19. The summed E-state index contributed by atoms with van der Waals surface area (Å²) in [6.45, 7) is 1.95. The molecule has 0 aromatic carbocycles. The molecule has 0 bridgehead atoms.